The molecule has 32 nitrogen and oxygen atoms in total. The van der Waals surface area contributed by atoms with Crippen LogP contribution in [0.4, 0.5) is 0 Å². The van der Waals surface area contributed by atoms with E-state index in [-0.39, 0.29) is 0 Å². The average Bonchev–Trinajstić information content (AvgIpc) is 3.30. The first kappa shape index (κ1) is 57.8. The van der Waals surface area contributed by atoms with Crippen LogP contribution in [0.2, 0.25) is 0 Å². The van der Waals surface area contributed by atoms with E-state index in [2.05, 4.69) is 16.0 Å². The molecule has 5 heterocycles. The number of aliphatic carboxylic acids is 1. The van der Waals surface area contributed by atoms with E-state index in [1.54, 1.807) is 0 Å². The quantitative estimate of drug-likeness (QED) is 0.0538. The summed E-state index contributed by atoms with van der Waals surface area (Å²) in [5.41, 5.74) is 5.18. The van der Waals surface area contributed by atoms with Gasteiger partial charge in [0.15, 0.2) is 25.2 Å². The van der Waals surface area contributed by atoms with Crippen LogP contribution in [0, 0.1) is 0 Å². The maximum atomic E-state index is 12.6. The van der Waals surface area contributed by atoms with Crippen molar-refractivity contribution in [3.8, 4) is 0 Å². The van der Waals surface area contributed by atoms with E-state index in [9.17, 15) is 95.8 Å². The Morgan fingerprint density at radius 1 is 0.500 bits per heavy atom. The highest BCUT2D eigenvalue weighted by Gasteiger charge is 2.57. The monoisotopic (exact) mass is 1020 g/mol. The fourth-order valence-electron chi connectivity index (χ4n) is 8.52. The molecule has 5 aliphatic heterocycles. The van der Waals surface area contributed by atoms with E-state index in [0.29, 0.717) is 0 Å². The lowest BCUT2D eigenvalue weighted by Gasteiger charge is -2.50. The number of rotatable bonds is 20. The van der Waals surface area contributed by atoms with E-state index in [1.807, 2.05) is 0 Å². The minimum atomic E-state index is -2.23. The second-order valence-electron chi connectivity index (χ2n) is 17.2. The van der Waals surface area contributed by atoms with Crippen molar-refractivity contribution in [1.82, 2.24) is 16.0 Å². The highest BCUT2D eigenvalue weighted by Crippen LogP contribution is 2.35. The molecule has 0 radical (unpaired) electrons. The Labute approximate surface area is 396 Å². The molecule has 0 spiro atoms. The van der Waals surface area contributed by atoms with Crippen LogP contribution >= 0.6 is 0 Å². The van der Waals surface area contributed by atoms with Gasteiger partial charge in [0.1, 0.15) is 128 Å². The summed E-state index contributed by atoms with van der Waals surface area (Å²) in [6, 6.07) is -5.11. The number of amides is 3. The van der Waals surface area contributed by atoms with Gasteiger partial charge in [-0.1, -0.05) is 0 Å². The number of hydrogen-bond acceptors (Lipinski definition) is 28. The number of nitrogens with two attached hydrogens (primary N) is 1. The zero-order valence-corrected chi connectivity index (χ0v) is 37.3. The van der Waals surface area contributed by atoms with Gasteiger partial charge in [-0.3, -0.25) is 24.5 Å². The van der Waals surface area contributed by atoms with Crippen molar-refractivity contribution in [2.75, 3.05) is 33.0 Å². The second kappa shape index (κ2) is 25.2. The van der Waals surface area contributed by atoms with Gasteiger partial charge in [0.2, 0.25) is 17.7 Å². The minimum absolute atomic E-state index is 0.772. The largest absolute Gasteiger partial charge is 0.480 e. The summed E-state index contributed by atoms with van der Waals surface area (Å²) >= 11 is 0. The van der Waals surface area contributed by atoms with E-state index >= 15 is 0 Å². The molecule has 26 atom stereocenters. The fraction of sp³-hybridized carbons (Fsp3) is 0.895. The van der Waals surface area contributed by atoms with Crippen molar-refractivity contribution in [2.24, 2.45) is 5.73 Å². The zero-order valence-electron chi connectivity index (χ0n) is 37.3. The molecule has 3 amide bonds. The Kier molecular flexibility index (Phi) is 20.8. The summed E-state index contributed by atoms with van der Waals surface area (Å²) in [5, 5.41) is 166. The van der Waals surface area contributed by atoms with Crippen LogP contribution in [0.3, 0.4) is 0 Å². The van der Waals surface area contributed by atoms with Crippen molar-refractivity contribution in [2.45, 2.75) is 180 Å². The summed E-state index contributed by atoms with van der Waals surface area (Å²) in [4.78, 5) is 48.4. The van der Waals surface area contributed by atoms with Crippen LogP contribution in [0.1, 0.15) is 20.3 Å². The maximum Gasteiger partial charge on any atom is 0.321 e. The summed E-state index contributed by atoms with van der Waals surface area (Å²) in [6.45, 7) is -2.67. The molecule has 0 unspecified atom stereocenters. The van der Waals surface area contributed by atoms with Gasteiger partial charge in [-0.25, -0.2) is 0 Å². The molecule has 0 aromatic rings. The predicted molar refractivity (Wildman–Crippen MR) is 216 cm³/mol. The number of aliphatic hydroxyl groups excluding tert-OH is 14. The molecule has 5 saturated heterocycles. The molecule has 32 heteroatoms. The Hall–Kier alpha value is -3.08. The molecule has 0 bridgehead atoms. The van der Waals surface area contributed by atoms with Crippen LogP contribution in [-0.2, 0) is 61.8 Å². The number of primary amides is 1. The molecule has 0 aromatic heterocycles. The lowest BCUT2D eigenvalue weighted by molar-refractivity contribution is -0.383. The lowest BCUT2D eigenvalue weighted by atomic mass is 9.93. The molecule has 0 aromatic carbocycles. The van der Waals surface area contributed by atoms with Crippen LogP contribution in [0.15, 0.2) is 0 Å². The van der Waals surface area contributed by atoms with E-state index < -0.39 is 223 Å². The van der Waals surface area contributed by atoms with Gasteiger partial charge in [0.25, 0.3) is 0 Å². The number of carbonyl (C=O) groups excluding carboxylic acids is 3. The van der Waals surface area contributed by atoms with Gasteiger partial charge in [-0.2, -0.15) is 0 Å². The van der Waals surface area contributed by atoms with E-state index in [0.717, 1.165) is 13.8 Å². The SMILES string of the molecule is CC(=O)N[C@@H]1[C@@H](O)[C@H](O[C@@H]2O[C@H](CO)[C@@H](O[C@@H]3O[C@H](CO[C@@H]4O[C@@H](CO)[C@H](O)[C@@H](O)[C@H]4O)[C@@H](O)[C@H](O[C@@H]4O[C@@H](CO)[C@H](O)[C@@H](O)[C@H]4O)[C@@H]3O)[C@H](O)[C@H]2NC(C)=O)[C@@H](CO)O[C@H]1N[C@@H](CC(N)=O)C(=O)O. The number of carboxylic acids is 1. The van der Waals surface area contributed by atoms with Crippen molar-refractivity contribution < 1.29 is 138 Å². The van der Waals surface area contributed by atoms with Gasteiger partial charge in [0.05, 0.1) is 45.5 Å². The number of nitrogens with one attached hydrogen (secondary N) is 3. The molecule has 5 aliphatic rings. The van der Waals surface area contributed by atoms with Crippen molar-refractivity contribution in [1.29, 1.82) is 0 Å². The van der Waals surface area contributed by atoms with Crippen LogP contribution in [0.5, 0.6) is 0 Å². The first-order chi connectivity index (χ1) is 33.0. The number of ether oxygens (including phenoxy) is 9. The Balaban J connectivity index is 1.42. The van der Waals surface area contributed by atoms with Gasteiger partial charge >= 0.3 is 5.97 Å². The third kappa shape index (κ3) is 13.2. The molecule has 0 saturated carbocycles. The third-order valence-electron chi connectivity index (χ3n) is 12.2. The normalized spacial score (nSPS) is 45.1. The first-order valence-corrected chi connectivity index (χ1v) is 21.9. The molecule has 0 aliphatic carbocycles. The lowest BCUT2D eigenvalue weighted by Crippen LogP contribution is -2.72. The Bertz CT molecular complexity index is 1720. The van der Waals surface area contributed by atoms with Crippen LogP contribution < -0.4 is 21.7 Å². The van der Waals surface area contributed by atoms with E-state index in [1.165, 1.54) is 0 Å². The Morgan fingerprint density at radius 3 is 1.44 bits per heavy atom. The summed E-state index contributed by atoms with van der Waals surface area (Å²) < 4.78 is 51.6. The number of hydrogen-bond donors (Lipinski definition) is 19. The van der Waals surface area contributed by atoms with Gasteiger partial charge in [0, 0.05) is 13.8 Å². The average molecular weight is 1020 g/mol. The standard InChI is InChI=1S/C38H64N4O28/c1-9(47)40-18-23(53)30(14(6-45)63-33(18)42-11(34(60)61)3-17(39)49)68-35-19(41-10(2)48)24(54)31(15(7-46)66-35)69-38-29(59)32(70-37-28(58)26(56)21(51)13(5-44)65-37)22(52)16(67-38)8-62-36-27(57)25(55)20(50)12(4-43)64-36/h11-16,18-33,35-38,42-46,50-59H,3-8H2,1-2H3,(H2,39,49)(H,40,47)(H,41,48)(H,60,61)/t11-,12-,13-,14+,15+,16+,18+,19+,20-,21-,22+,23+,24+,25+,26+,27+,28+,29-,30+,31+,32-,33+,35-,36+,37-,38-/m0/s1. The highest BCUT2D eigenvalue weighted by molar-refractivity contribution is 5.83. The summed E-state index contributed by atoms with van der Waals surface area (Å²) in [5.74, 6) is -4.27. The second-order valence-corrected chi connectivity index (χ2v) is 17.2. The fourth-order valence-corrected chi connectivity index (χ4v) is 8.52. The summed E-state index contributed by atoms with van der Waals surface area (Å²) in [7, 11) is 0. The van der Waals surface area contributed by atoms with Gasteiger partial charge in [-0.05, 0) is 0 Å². The molecule has 20 N–H and O–H groups in total. The van der Waals surface area contributed by atoms with E-state index in [4.69, 9.17) is 48.4 Å². The molecule has 5 fully saturated rings. The number of carbonyl (C=O) groups is 4. The molecule has 70 heavy (non-hydrogen) atoms. The Morgan fingerprint density at radius 2 is 0.929 bits per heavy atom. The number of carboxylic acid groups (broad SMARTS) is 1. The van der Waals surface area contributed by atoms with Gasteiger partial charge < -0.3 is 136 Å². The predicted octanol–water partition coefficient (Wildman–Crippen LogP) is -12.7. The van der Waals surface area contributed by atoms with Crippen molar-refractivity contribution >= 4 is 23.7 Å². The first-order valence-electron chi connectivity index (χ1n) is 21.9. The van der Waals surface area contributed by atoms with Crippen LogP contribution in [-0.4, -0.2) is 293 Å². The third-order valence-corrected chi connectivity index (χ3v) is 12.2. The maximum absolute atomic E-state index is 12.6. The molecule has 404 valence electrons. The molecular formula is C38H64N4O28. The highest BCUT2D eigenvalue weighted by atomic mass is 16.8. The van der Waals surface area contributed by atoms with Gasteiger partial charge in [-0.15, -0.1) is 0 Å². The molecule has 5 rings (SSSR count). The molecular weight excluding hydrogens is 960 g/mol. The van der Waals surface area contributed by atoms with Crippen molar-refractivity contribution in [3.63, 3.8) is 0 Å². The summed E-state index contributed by atoms with van der Waals surface area (Å²) in [6.07, 6.45) is -44.2. The van der Waals surface area contributed by atoms with Crippen molar-refractivity contribution in [3.05, 3.63) is 0 Å². The zero-order chi connectivity index (χ0) is 52.0. The number of aliphatic hydroxyl groups is 14. The van der Waals surface area contributed by atoms with Crippen LogP contribution in [0.25, 0.3) is 0 Å². The minimum Gasteiger partial charge on any atom is -0.480 e. The smallest absolute Gasteiger partial charge is 0.321 e. The topological polar surface area (TPSA) is 517 Å².